The van der Waals surface area contributed by atoms with Crippen LogP contribution >= 0.6 is 0 Å². The Morgan fingerprint density at radius 1 is 1.13 bits per heavy atom. The fourth-order valence-corrected chi connectivity index (χ4v) is 3.67. The molecule has 162 valence electrons. The van der Waals surface area contributed by atoms with E-state index in [1.54, 1.807) is 6.20 Å². The predicted octanol–water partition coefficient (Wildman–Crippen LogP) is 3.49. The zero-order valence-electron chi connectivity index (χ0n) is 17.8. The van der Waals surface area contributed by atoms with E-state index in [1.807, 2.05) is 55.1 Å². The van der Waals surface area contributed by atoms with Crippen molar-refractivity contribution in [3.05, 3.63) is 54.0 Å². The van der Waals surface area contributed by atoms with Crippen molar-refractivity contribution in [2.75, 3.05) is 26.3 Å². The van der Waals surface area contributed by atoms with Crippen LogP contribution in [0.1, 0.15) is 37.6 Å². The fraction of sp³-hybridized carbons (Fsp3) is 0.391. The number of hydrogen-bond acceptors (Lipinski definition) is 7. The lowest BCUT2D eigenvalue weighted by molar-refractivity contribution is -0.127. The average Bonchev–Trinajstić information content (AvgIpc) is 3.42. The lowest BCUT2D eigenvalue weighted by Gasteiger charge is -2.17. The molecule has 0 bridgehead atoms. The van der Waals surface area contributed by atoms with Crippen LogP contribution in [0.15, 0.2) is 47.1 Å². The van der Waals surface area contributed by atoms with Gasteiger partial charge in [-0.05, 0) is 50.1 Å². The van der Waals surface area contributed by atoms with Gasteiger partial charge in [0.25, 0.3) is 0 Å². The number of pyridine rings is 1. The highest BCUT2D eigenvalue weighted by molar-refractivity contribution is 5.79. The zero-order chi connectivity index (χ0) is 21.6. The zero-order valence-corrected chi connectivity index (χ0v) is 17.8. The van der Waals surface area contributed by atoms with Gasteiger partial charge >= 0.3 is 0 Å². The van der Waals surface area contributed by atoms with Gasteiger partial charge in [-0.1, -0.05) is 17.3 Å². The minimum atomic E-state index is -0.100. The van der Waals surface area contributed by atoms with E-state index in [-0.39, 0.29) is 11.8 Å². The van der Waals surface area contributed by atoms with E-state index in [2.05, 4.69) is 15.1 Å². The molecule has 0 aliphatic carbocycles. The maximum absolute atomic E-state index is 12.5. The van der Waals surface area contributed by atoms with Crippen molar-refractivity contribution < 1.29 is 18.8 Å². The summed E-state index contributed by atoms with van der Waals surface area (Å²) < 4.78 is 16.7. The lowest BCUT2D eigenvalue weighted by Crippen LogP contribution is -2.27. The van der Waals surface area contributed by atoms with E-state index in [0.717, 1.165) is 23.5 Å². The Bertz CT molecular complexity index is 1020. The van der Waals surface area contributed by atoms with Crippen molar-refractivity contribution in [3.8, 4) is 23.0 Å². The van der Waals surface area contributed by atoms with Gasteiger partial charge in [-0.2, -0.15) is 4.98 Å². The summed E-state index contributed by atoms with van der Waals surface area (Å²) in [6, 6.07) is 11.5. The summed E-state index contributed by atoms with van der Waals surface area (Å²) in [5.74, 6) is 2.40. The van der Waals surface area contributed by atoms with Gasteiger partial charge in [0, 0.05) is 25.7 Å². The summed E-state index contributed by atoms with van der Waals surface area (Å²) in [4.78, 5) is 23.1. The summed E-state index contributed by atoms with van der Waals surface area (Å²) in [6.07, 6.45) is 2.79. The molecule has 0 N–H and O–H groups in total. The topological polar surface area (TPSA) is 90.6 Å². The SMILES string of the molecule is CCOc1ccc(CCN2CC(c3nc(-c4ccccn4)no3)CC2=O)cc1OCC. The van der Waals surface area contributed by atoms with Gasteiger partial charge in [0.05, 0.1) is 19.1 Å². The summed E-state index contributed by atoms with van der Waals surface area (Å²) in [7, 11) is 0. The summed E-state index contributed by atoms with van der Waals surface area (Å²) >= 11 is 0. The highest BCUT2D eigenvalue weighted by Gasteiger charge is 2.34. The third-order valence-electron chi connectivity index (χ3n) is 5.18. The Kier molecular flexibility index (Phi) is 6.45. The molecule has 2 aromatic heterocycles. The fourth-order valence-electron chi connectivity index (χ4n) is 3.67. The van der Waals surface area contributed by atoms with Crippen LogP contribution in [0.3, 0.4) is 0 Å². The van der Waals surface area contributed by atoms with Crippen molar-refractivity contribution in [2.24, 2.45) is 0 Å². The van der Waals surface area contributed by atoms with Crippen LogP contribution in [-0.4, -0.2) is 52.2 Å². The van der Waals surface area contributed by atoms with Gasteiger partial charge in [-0.25, -0.2) is 0 Å². The molecule has 3 aromatic rings. The average molecular weight is 422 g/mol. The van der Waals surface area contributed by atoms with Gasteiger partial charge in [-0.3, -0.25) is 9.78 Å². The molecule has 1 aliphatic rings. The molecule has 1 aromatic carbocycles. The lowest BCUT2D eigenvalue weighted by atomic mass is 10.1. The number of ether oxygens (including phenoxy) is 2. The molecule has 1 saturated heterocycles. The van der Waals surface area contributed by atoms with Crippen LogP contribution in [0, 0.1) is 0 Å². The quantitative estimate of drug-likeness (QED) is 0.521. The molecule has 1 atom stereocenters. The molecular weight excluding hydrogens is 396 g/mol. The number of aromatic nitrogens is 3. The largest absolute Gasteiger partial charge is 0.490 e. The number of carbonyl (C=O) groups is 1. The number of rotatable bonds is 9. The molecule has 1 fully saturated rings. The van der Waals surface area contributed by atoms with E-state index in [0.29, 0.717) is 50.1 Å². The van der Waals surface area contributed by atoms with E-state index in [9.17, 15) is 4.79 Å². The molecule has 1 amide bonds. The number of amides is 1. The highest BCUT2D eigenvalue weighted by Crippen LogP contribution is 2.30. The maximum atomic E-state index is 12.5. The van der Waals surface area contributed by atoms with Crippen molar-refractivity contribution in [1.29, 1.82) is 0 Å². The minimum absolute atomic E-state index is 0.0959. The Morgan fingerprint density at radius 2 is 1.97 bits per heavy atom. The van der Waals surface area contributed by atoms with Crippen LogP contribution in [-0.2, 0) is 11.2 Å². The molecule has 8 nitrogen and oxygen atoms in total. The number of carbonyl (C=O) groups excluding carboxylic acids is 1. The molecule has 8 heteroatoms. The second kappa shape index (κ2) is 9.59. The maximum Gasteiger partial charge on any atom is 0.232 e. The van der Waals surface area contributed by atoms with E-state index in [4.69, 9.17) is 14.0 Å². The summed E-state index contributed by atoms with van der Waals surface area (Å²) in [5.41, 5.74) is 1.75. The van der Waals surface area contributed by atoms with Gasteiger partial charge in [0.2, 0.25) is 17.6 Å². The second-order valence-corrected chi connectivity index (χ2v) is 7.31. The summed E-state index contributed by atoms with van der Waals surface area (Å²) in [5, 5.41) is 4.02. The first-order chi connectivity index (χ1) is 15.2. The Labute approximate surface area is 181 Å². The van der Waals surface area contributed by atoms with Crippen LogP contribution in [0.4, 0.5) is 0 Å². The molecule has 0 radical (unpaired) electrons. The van der Waals surface area contributed by atoms with Gasteiger partial charge in [0.15, 0.2) is 11.5 Å². The smallest absolute Gasteiger partial charge is 0.232 e. The van der Waals surface area contributed by atoms with Crippen molar-refractivity contribution in [2.45, 2.75) is 32.6 Å². The summed E-state index contributed by atoms with van der Waals surface area (Å²) in [6.45, 7) is 6.24. The number of hydrogen-bond donors (Lipinski definition) is 0. The Morgan fingerprint density at radius 3 is 2.74 bits per heavy atom. The van der Waals surface area contributed by atoms with Gasteiger partial charge in [-0.15, -0.1) is 0 Å². The van der Waals surface area contributed by atoms with Crippen molar-refractivity contribution in [1.82, 2.24) is 20.0 Å². The van der Waals surface area contributed by atoms with Gasteiger partial charge in [0.1, 0.15) is 5.69 Å². The molecule has 31 heavy (non-hydrogen) atoms. The molecule has 3 heterocycles. The van der Waals surface area contributed by atoms with Crippen LogP contribution in [0.5, 0.6) is 11.5 Å². The number of benzene rings is 1. The normalized spacial score (nSPS) is 16.0. The van der Waals surface area contributed by atoms with E-state index >= 15 is 0 Å². The van der Waals surface area contributed by atoms with Gasteiger partial charge < -0.3 is 18.9 Å². The van der Waals surface area contributed by atoms with Crippen molar-refractivity contribution >= 4 is 5.91 Å². The molecule has 4 rings (SSSR count). The highest BCUT2D eigenvalue weighted by atomic mass is 16.5. The third kappa shape index (κ3) is 4.84. The van der Waals surface area contributed by atoms with E-state index in [1.165, 1.54) is 0 Å². The first-order valence-corrected chi connectivity index (χ1v) is 10.6. The molecule has 1 aliphatic heterocycles. The van der Waals surface area contributed by atoms with Crippen LogP contribution < -0.4 is 9.47 Å². The van der Waals surface area contributed by atoms with Crippen LogP contribution in [0.2, 0.25) is 0 Å². The first kappa shape index (κ1) is 20.8. The molecule has 1 unspecified atom stereocenters. The standard InChI is InChI=1S/C23H26N4O4/c1-3-29-19-9-8-16(13-20(19)30-4-2)10-12-27-15-17(14-21(27)28)23-25-22(26-31-23)18-7-5-6-11-24-18/h5-9,11,13,17H,3-4,10,12,14-15H2,1-2H3. The predicted molar refractivity (Wildman–Crippen MR) is 114 cm³/mol. The molecule has 0 saturated carbocycles. The van der Waals surface area contributed by atoms with E-state index < -0.39 is 0 Å². The monoisotopic (exact) mass is 422 g/mol. The third-order valence-corrected chi connectivity index (χ3v) is 5.18. The molecular formula is C23H26N4O4. The van der Waals surface area contributed by atoms with Crippen LogP contribution in [0.25, 0.3) is 11.5 Å². The number of likely N-dealkylation sites (tertiary alicyclic amines) is 1. The number of nitrogens with zero attached hydrogens (tertiary/aromatic N) is 4. The van der Waals surface area contributed by atoms with Crippen molar-refractivity contribution in [3.63, 3.8) is 0 Å². The molecule has 0 spiro atoms. The first-order valence-electron chi connectivity index (χ1n) is 10.6. The minimum Gasteiger partial charge on any atom is -0.490 e. The Balaban J connectivity index is 1.38. The second-order valence-electron chi connectivity index (χ2n) is 7.31. The Hall–Kier alpha value is -3.42.